The summed E-state index contributed by atoms with van der Waals surface area (Å²) in [6.45, 7) is 6.52. The molecule has 0 unspecified atom stereocenters. The first-order valence-corrected chi connectivity index (χ1v) is 12.3. The van der Waals surface area contributed by atoms with Gasteiger partial charge in [0.1, 0.15) is 0 Å². The lowest BCUT2D eigenvalue weighted by molar-refractivity contribution is 0.250. The number of urea groups is 1. The highest BCUT2D eigenvalue weighted by molar-refractivity contribution is 6.43. The molecule has 7 nitrogen and oxygen atoms in total. The van der Waals surface area contributed by atoms with Crippen LogP contribution in [0.4, 0.5) is 16.3 Å². The number of nitrogens with two attached hydrogens (primary N) is 1. The van der Waals surface area contributed by atoms with E-state index in [4.69, 9.17) is 28.9 Å². The highest BCUT2D eigenvalue weighted by Crippen LogP contribution is 2.32. The first-order chi connectivity index (χ1) is 15.5. The molecule has 32 heavy (non-hydrogen) atoms. The van der Waals surface area contributed by atoms with Crippen LogP contribution in [-0.2, 0) is 13.0 Å². The Bertz CT molecular complexity index is 902. The van der Waals surface area contributed by atoms with Crippen LogP contribution in [-0.4, -0.2) is 60.0 Å². The lowest BCUT2D eigenvalue weighted by atomic mass is 10.1. The zero-order valence-electron chi connectivity index (χ0n) is 18.5. The Morgan fingerprint density at radius 1 is 1.06 bits per heavy atom. The van der Waals surface area contributed by atoms with Crippen molar-refractivity contribution in [2.75, 3.05) is 49.1 Å². The van der Waals surface area contributed by atoms with Gasteiger partial charge in [-0.1, -0.05) is 35.7 Å². The van der Waals surface area contributed by atoms with Crippen molar-refractivity contribution < 1.29 is 4.79 Å². The molecule has 4 rings (SSSR count). The Kier molecular flexibility index (Phi) is 7.81. The van der Waals surface area contributed by atoms with Crippen LogP contribution in [0.15, 0.2) is 24.3 Å². The monoisotopic (exact) mass is 478 g/mol. The molecule has 0 spiro atoms. The number of piperazine rings is 1. The van der Waals surface area contributed by atoms with E-state index in [2.05, 4.69) is 14.9 Å². The maximum atomic E-state index is 12.0. The van der Waals surface area contributed by atoms with Crippen molar-refractivity contribution in [3.63, 3.8) is 0 Å². The van der Waals surface area contributed by atoms with Gasteiger partial charge in [-0.3, -0.25) is 14.5 Å². The largest absolute Gasteiger partial charge is 0.368 e. The minimum absolute atomic E-state index is 0.420. The predicted molar refractivity (Wildman–Crippen MR) is 131 cm³/mol. The number of rotatable bonds is 8. The Hall–Kier alpha value is -1.96. The molecular weight excluding hydrogens is 447 g/mol. The summed E-state index contributed by atoms with van der Waals surface area (Å²) in [5, 5.41) is 5.84. The van der Waals surface area contributed by atoms with Crippen LogP contribution in [0.3, 0.4) is 0 Å². The average Bonchev–Trinajstić information content (AvgIpc) is 3.22. The van der Waals surface area contributed by atoms with Crippen molar-refractivity contribution >= 4 is 40.7 Å². The molecule has 0 aliphatic carbocycles. The maximum Gasteiger partial charge on any atom is 0.320 e. The van der Waals surface area contributed by atoms with Crippen molar-refractivity contribution in [2.45, 2.75) is 45.1 Å². The summed E-state index contributed by atoms with van der Waals surface area (Å²) in [6, 6.07) is 7.41. The van der Waals surface area contributed by atoms with E-state index in [0.717, 1.165) is 77.1 Å². The standard InChI is InChI=1S/C23H32Cl2N6O/c24-19-8-6-9-20(22(19)25)29-15-13-28(14-16-29)10-3-1-4-11-30(23(26)32)21-17-18-7-2-5-12-31(18)27-21/h6,8-9,17H,1-5,7,10-16H2,(H2,26,32). The average molecular weight is 479 g/mol. The number of hydrogen-bond acceptors (Lipinski definition) is 4. The molecule has 0 saturated carbocycles. The quantitative estimate of drug-likeness (QED) is 0.570. The van der Waals surface area contributed by atoms with Crippen molar-refractivity contribution in [1.82, 2.24) is 14.7 Å². The second-order valence-electron chi connectivity index (χ2n) is 8.63. The minimum Gasteiger partial charge on any atom is -0.368 e. The molecule has 174 valence electrons. The number of amides is 2. The number of hydrogen-bond donors (Lipinski definition) is 1. The topological polar surface area (TPSA) is 70.6 Å². The molecule has 2 aromatic rings. The lowest BCUT2D eigenvalue weighted by Gasteiger charge is -2.36. The van der Waals surface area contributed by atoms with Crippen molar-refractivity contribution in [3.8, 4) is 0 Å². The molecule has 1 aromatic heterocycles. The number of halogens is 2. The molecule has 9 heteroatoms. The fraction of sp³-hybridized carbons (Fsp3) is 0.565. The lowest BCUT2D eigenvalue weighted by Crippen LogP contribution is -2.46. The van der Waals surface area contributed by atoms with Crippen LogP contribution < -0.4 is 15.5 Å². The van der Waals surface area contributed by atoms with E-state index in [1.807, 2.05) is 28.9 Å². The second kappa shape index (κ2) is 10.8. The summed E-state index contributed by atoms with van der Waals surface area (Å²) >= 11 is 12.5. The van der Waals surface area contributed by atoms with E-state index < -0.39 is 6.03 Å². The Balaban J connectivity index is 1.18. The molecule has 2 aliphatic heterocycles. The summed E-state index contributed by atoms with van der Waals surface area (Å²) in [5.41, 5.74) is 7.87. The molecule has 2 N–H and O–H groups in total. The number of carbonyl (C=O) groups excluding carboxylic acids is 1. The van der Waals surface area contributed by atoms with Gasteiger partial charge in [0.2, 0.25) is 0 Å². The fourth-order valence-electron chi connectivity index (χ4n) is 4.60. The maximum absolute atomic E-state index is 12.0. The zero-order valence-corrected chi connectivity index (χ0v) is 20.0. The summed E-state index contributed by atoms with van der Waals surface area (Å²) < 4.78 is 2.02. The Labute approximate surface area is 200 Å². The molecule has 1 fully saturated rings. The molecule has 2 aliphatic rings. The smallest absolute Gasteiger partial charge is 0.320 e. The number of nitrogens with zero attached hydrogens (tertiary/aromatic N) is 5. The van der Waals surface area contributed by atoms with Crippen molar-refractivity contribution in [3.05, 3.63) is 40.0 Å². The number of fused-ring (bicyclic) bond motifs is 1. The van der Waals surface area contributed by atoms with Gasteiger partial charge in [0, 0.05) is 51.0 Å². The number of carbonyl (C=O) groups is 1. The number of anilines is 2. The van der Waals surface area contributed by atoms with Gasteiger partial charge >= 0.3 is 6.03 Å². The molecule has 0 bridgehead atoms. The fourth-order valence-corrected chi connectivity index (χ4v) is 5.02. The third-order valence-electron chi connectivity index (χ3n) is 6.45. The van der Waals surface area contributed by atoms with Gasteiger partial charge in [0.15, 0.2) is 5.82 Å². The van der Waals surface area contributed by atoms with Gasteiger partial charge < -0.3 is 10.6 Å². The first kappa shape index (κ1) is 23.2. The minimum atomic E-state index is -0.420. The SMILES string of the molecule is NC(=O)N(CCCCCN1CCN(c2cccc(Cl)c2Cl)CC1)c1cc2n(n1)CCCC2. The van der Waals surface area contributed by atoms with Crippen LogP contribution in [0.25, 0.3) is 0 Å². The molecule has 0 radical (unpaired) electrons. The van der Waals surface area contributed by atoms with Crippen LogP contribution in [0.2, 0.25) is 10.0 Å². The van der Waals surface area contributed by atoms with E-state index in [0.29, 0.717) is 22.4 Å². The van der Waals surface area contributed by atoms with E-state index in [1.165, 1.54) is 12.1 Å². The number of primary amides is 1. The molecule has 0 atom stereocenters. The third kappa shape index (κ3) is 5.50. The zero-order chi connectivity index (χ0) is 22.5. The molecule has 1 aromatic carbocycles. The first-order valence-electron chi connectivity index (χ1n) is 11.6. The van der Waals surface area contributed by atoms with Crippen LogP contribution in [0, 0.1) is 0 Å². The molecule has 1 saturated heterocycles. The molecule has 2 amide bonds. The molecular formula is C23H32Cl2N6O. The highest BCUT2D eigenvalue weighted by atomic mass is 35.5. The normalized spacial score (nSPS) is 16.8. The summed E-state index contributed by atoms with van der Waals surface area (Å²) in [5.74, 6) is 0.699. The summed E-state index contributed by atoms with van der Waals surface area (Å²) in [6.07, 6.45) is 6.43. The highest BCUT2D eigenvalue weighted by Gasteiger charge is 2.21. The number of aryl methyl sites for hydroxylation is 2. The van der Waals surface area contributed by atoms with Crippen LogP contribution in [0.1, 0.15) is 37.8 Å². The second-order valence-corrected chi connectivity index (χ2v) is 9.41. The van der Waals surface area contributed by atoms with Gasteiger partial charge in [-0.15, -0.1) is 0 Å². The Morgan fingerprint density at radius 2 is 1.88 bits per heavy atom. The third-order valence-corrected chi connectivity index (χ3v) is 7.26. The Morgan fingerprint density at radius 3 is 2.62 bits per heavy atom. The van der Waals surface area contributed by atoms with Gasteiger partial charge in [0.25, 0.3) is 0 Å². The van der Waals surface area contributed by atoms with Gasteiger partial charge in [0.05, 0.1) is 15.7 Å². The predicted octanol–water partition coefficient (Wildman–Crippen LogP) is 4.40. The van der Waals surface area contributed by atoms with Gasteiger partial charge in [-0.2, -0.15) is 5.10 Å². The van der Waals surface area contributed by atoms with E-state index in [1.54, 1.807) is 4.90 Å². The molecule has 3 heterocycles. The van der Waals surface area contributed by atoms with E-state index in [-0.39, 0.29) is 0 Å². The van der Waals surface area contributed by atoms with Gasteiger partial charge in [-0.05, 0) is 50.8 Å². The summed E-state index contributed by atoms with van der Waals surface area (Å²) in [4.78, 5) is 18.4. The van der Waals surface area contributed by atoms with Crippen LogP contribution >= 0.6 is 23.2 Å². The van der Waals surface area contributed by atoms with E-state index in [9.17, 15) is 4.79 Å². The van der Waals surface area contributed by atoms with E-state index >= 15 is 0 Å². The van der Waals surface area contributed by atoms with Crippen molar-refractivity contribution in [1.29, 1.82) is 0 Å². The number of benzene rings is 1. The van der Waals surface area contributed by atoms with Crippen molar-refractivity contribution in [2.24, 2.45) is 5.73 Å². The number of aromatic nitrogens is 2. The van der Waals surface area contributed by atoms with Crippen LogP contribution in [0.5, 0.6) is 0 Å². The number of unbranched alkanes of at least 4 members (excludes halogenated alkanes) is 2. The van der Waals surface area contributed by atoms with Gasteiger partial charge in [-0.25, -0.2) is 4.79 Å². The summed E-state index contributed by atoms with van der Waals surface area (Å²) in [7, 11) is 0.